The first-order chi connectivity index (χ1) is 8.90. The van der Waals surface area contributed by atoms with Gasteiger partial charge in [-0.2, -0.15) is 13.2 Å². The minimum Gasteiger partial charge on any atom is -0.384 e. The third-order valence-electron chi connectivity index (χ3n) is 1.84. The lowest BCUT2D eigenvalue weighted by molar-refractivity contribution is -0.122. The SMILES string of the molecule is O=C(NCc1cc(C#CCO)cs1)NCC(F)(F)F. The fourth-order valence-corrected chi connectivity index (χ4v) is 1.85. The number of aliphatic hydroxyl groups is 1. The summed E-state index contributed by atoms with van der Waals surface area (Å²) >= 11 is 1.32. The summed E-state index contributed by atoms with van der Waals surface area (Å²) in [4.78, 5) is 11.8. The number of nitrogens with one attached hydrogen (secondary N) is 2. The van der Waals surface area contributed by atoms with Crippen molar-refractivity contribution in [3.63, 3.8) is 0 Å². The van der Waals surface area contributed by atoms with Crippen LogP contribution < -0.4 is 10.6 Å². The Morgan fingerprint density at radius 1 is 1.42 bits per heavy atom. The summed E-state index contributed by atoms with van der Waals surface area (Å²) in [6.07, 6.45) is -4.42. The lowest BCUT2D eigenvalue weighted by atomic mass is 10.3. The van der Waals surface area contributed by atoms with Crippen molar-refractivity contribution in [2.24, 2.45) is 0 Å². The van der Waals surface area contributed by atoms with Gasteiger partial charge in [0.15, 0.2) is 0 Å². The van der Waals surface area contributed by atoms with E-state index in [1.807, 2.05) is 0 Å². The van der Waals surface area contributed by atoms with Gasteiger partial charge in [-0.15, -0.1) is 11.3 Å². The number of amides is 2. The molecule has 0 radical (unpaired) electrons. The van der Waals surface area contributed by atoms with E-state index in [1.54, 1.807) is 16.8 Å². The Bertz CT molecular complexity index is 488. The van der Waals surface area contributed by atoms with E-state index < -0.39 is 18.8 Å². The van der Waals surface area contributed by atoms with Gasteiger partial charge in [-0.3, -0.25) is 0 Å². The molecule has 104 valence electrons. The zero-order chi connectivity index (χ0) is 14.3. The lowest BCUT2D eigenvalue weighted by Crippen LogP contribution is -2.40. The van der Waals surface area contributed by atoms with Crippen molar-refractivity contribution in [1.29, 1.82) is 0 Å². The molecular weight excluding hydrogens is 281 g/mol. The number of thiophene rings is 1. The zero-order valence-electron chi connectivity index (χ0n) is 9.67. The molecule has 19 heavy (non-hydrogen) atoms. The molecule has 0 aliphatic heterocycles. The molecule has 8 heteroatoms. The number of hydrogen-bond acceptors (Lipinski definition) is 3. The molecule has 2 amide bonds. The van der Waals surface area contributed by atoms with Crippen LogP contribution in [0.3, 0.4) is 0 Å². The van der Waals surface area contributed by atoms with Crippen LogP contribution in [0.5, 0.6) is 0 Å². The van der Waals surface area contributed by atoms with E-state index in [9.17, 15) is 18.0 Å². The quantitative estimate of drug-likeness (QED) is 0.739. The molecule has 0 atom stereocenters. The van der Waals surface area contributed by atoms with Gasteiger partial charge >= 0.3 is 12.2 Å². The van der Waals surface area contributed by atoms with Crippen molar-refractivity contribution in [2.45, 2.75) is 12.7 Å². The molecule has 0 aliphatic carbocycles. The maximum absolute atomic E-state index is 11.8. The summed E-state index contributed by atoms with van der Waals surface area (Å²) in [7, 11) is 0. The molecule has 0 unspecified atom stereocenters. The van der Waals surface area contributed by atoms with Crippen molar-refractivity contribution in [1.82, 2.24) is 10.6 Å². The normalized spacial score (nSPS) is 10.5. The number of carbonyl (C=O) groups excluding carboxylic acids is 1. The number of hydrogen-bond donors (Lipinski definition) is 3. The second kappa shape index (κ2) is 7.01. The van der Waals surface area contributed by atoms with Gasteiger partial charge in [0.05, 0.1) is 6.54 Å². The summed E-state index contributed by atoms with van der Waals surface area (Å²) < 4.78 is 35.5. The van der Waals surface area contributed by atoms with Crippen molar-refractivity contribution in [3.05, 3.63) is 21.9 Å². The first kappa shape index (κ1) is 15.3. The molecule has 1 rings (SSSR count). The smallest absolute Gasteiger partial charge is 0.384 e. The Morgan fingerprint density at radius 3 is 2.79 bits per heavy atom. The summed E-state index contributed by atoms with van der Waals surface area (Å²) in [5, 5.41) is 14.2. The highest BCUT2D eigenvalue weighted by atomic mass is 32.1. The first-order valence-electron chi connectivity index (χ1n) is 5.16. The predicted octanol–water partition coefficient (Wildman–Crippen LogP) is 1.45. The Hall–Kier alpha value is -1.72. The number of rotatable bonds is 3. The van der Waals surface area contributed by atoms with E-state index in [2.05, 4.69) is 17.2 Å². The van der Waals surface area contributed by atoms with E-state index >= 15 is 0 Å². The topological polar surface area (TPSA) is 61.4 Å². The molecule has 0 bridgehead atoms. The number of aliphatic hydroxyl groups excluding tert-OH is 1. The van der Waals surface area contributed by atoms with Crippen LogP contribution in [0.4, 0.5) is 18.0 Å². The monoisotopic (exact) mass is 292 g/mol. The van der Waals surface area contributed by atoms with Crippen LogP contribution in [-0.2, 0) is 6.54 Å². The van der Waals surface area contributed by atoms with Gasteiger partial charge in [0.1, 0.15) is 13.2 Å². The summed E-state index contributed by atoms with van der Waals surface area (Å²) in [6, 6.07) is 0.811. The van der Waals surface area contributed by atoms with E-state index in [1.165, 1.54) is 11.3 Å². The molecule has 0 saturated heterocycles. The van der Waals surface area contributed by atoms with E-state index in [4.69, 9.17) is 5.11 Å². The number of urea groups is 1. The van der Waals surface area contributed by atoms with Crippen molar-refractivity contribution >= 4 is 17.4 Å². The molecule has 1 heterocycles. The van der Waals surface area contributed by atoms with E-state index in [0.717, 1.165) is 4.88 Å². The number of carbonyl (C=O) groups is 1. The van der Waals surface area contributed by atoms with E-state index in [-0.39, 0.29) is 13.2 Å². The Kier molecular flexibility index (Phi) is 5.66. The molecule has 1 aromatic rings. The van der Waals surface area contributed by atoms with Gasteiger partial charge in [-0.05, 0) is 6.07 Å². The van der Waals surface area contributed by atoms with Crippen LogP contribution >= 0.6 is 11.3 Å². The van der Waals surface area contributed by atoms with Crippen molar-refractivity contribution in [2.75, 3.05) is 13.2 Å². The maximum atomic E-state index is 11.8. The van der Waals surface area contributed by atoms with E-state index in [0.29, 0.717) is 5.56 Å². The predicted molar refractivity (Wildman–Crippen MR) is 64.6 cm³/mol. The standard InChI is InChI=1S/C11H11F3N2O2S/c12-11(13,14)7-16-10(18)15-5-9-4-8(6-19-9)2-1-3-17/h4,6,17H,3,5,7H2,(H2,15,16,18). The van der Waals surface area contributed by atoms with Gasteiger partial charge < -0.3 is 15.7 Å². The fraction of sp³-hybridized carbons (Fsp3) is 0.364. The molecule has 3 N–H and O–H groups in total. The third-order valence-corrected chi connectivity index (χ3v) is 2.77. The minimum atomic E-state index is -4.42. The van der Waals surface area contributed by atoms with Crippen LogP contribution in [-0.4, -0.2) is 30.5 Å². The Balaban J connectivity index is 2.36. The van der Waals surface area contributed by atoms with Crippen molar-refractivity contribution in [3.8, 4) is 11.8 Å². The minimum absolute atomic E-state index is 0.120. The highest BCUT2D eigenvalue weighted by Gasteiger charge is 2.27. The number of halogens is 3. The zero-order valence-corrected chi connectivity index (χ0v) is 10.5. The molecule has 4 nitrogen and oxygen atoms in total. The Labute approximate surface area is 111 Å². The highest BCUT2D eigenvalue weighted by molar-refractivity contribution is 7.10. The average Bonchev–Trinajstić information content (AvgIpc) is 2.78. The van der Waals surface area contributed by atoms with Gasteiger partial charge in [0.2, 0.25) is 0 Å². The van der Waals surface area contributed by atoms with Gasteiger partial charge in [0, 0.05) is 15.8 Å². The number of alkyl halides is 3. The molecule has 0 fully saturated rings. The van der Waals surface area contributed by atoms with Crippen LogP contribution in [0.25, 0.3) is 0 Å². The van der Waals surface area contributed by atoms with Gasteiger partial charge in [-0.25, -0.2) is 4.79 Å². The second-order valence-corrected chi connectivity index (χ2v) is 4.41. The molecule has 0 spiro atoms. The third kappa shape index (κ3) is 6.69. The second-order valence-electron chi connectivity index (χ2n) is 3.41. The van der Waals surface area contributed by atoms with Gasteiger partial charge in [0.25, 0.3) is 0 Å². The van der Waals surface area contributed by atoms with Gasteiger partial charge in [-0.1, -0.05) is 11.8 Å². The average molecular weight is 292 g/mol. The Morgan fingerprint density at radius 2 is 2.16 bits per heavy atom. The molecule has 1 aromatic heterocycles. The van der Waals surface area contributed by atoms with Crippen LogP contribution in [0.15, 0.2) is 11.4 Å². The highest BCUT2D eigenvalue weighted by Crippen LogP contribution is 2.14. The molecule has 0 aliphatic rings. The summed E-state index contributed by atoms with van der Waals surface area (Å²) in [6.45, 7) is -1.49. The molecular formula is C11H11F3N2O2S. The first-order valence-corrected chi connectivity index (χ1v) is 6.04. The molecule has 0 aromatic carbocycles. The van der Waals surface area contributed by atoms with Crippen LogP contribution in [0.1, 0.15) is 10.4 Å². The van der Waals surface area contributed by atoms with Crippen LogP contribution in [0, 0.1) is 11.8 Å². The summed E-state index contributed by atoms with van der Waals surface area (Å²) in [5.74, 6) is 5.15. The summed E-state index contributed by atoms with van der Waals surface area (Å²) in [5.41, 5.74) is 0.687. The maximum Gasteiger partial charge on any atom is 0.405 e. The van der Waals surface area contributed by atoms with Crippen molar-refractivity contribution < 1.29 is 23.1 Å². The largest absolute Gasteiger partial charge is 0.405 e. The van der Waals surface area contributed by atoms with Crippen LogP contribution in [0.2, 0.25) is 0 Å². The molecule has 0 saturated carbocycles. The lowest BCUT2D eigenvalue weighted by Gasteiger charge is -2.08. The fourth-order valence-electron chi connectivity index (χ4n) is 1.09.